The molecule has 0 N–H and O–H groups in total. The Balaban J connectivity index is 1.37. The number of benzene rings is 1. The molecule has 0 bridgehead atoms. The van der Waals surface area contributed by atoms with Gasteiger partial charge in [-0.1, -0.05) is 6.07 Å². The zero-order valence-corrected chi connectivity index (χ0v) is 18.5. The molecule has 0 amide bonds. The second-order valence-corrected chi connectivity index (χ2v) is 8.99. The van der Waals surface area contributed by atoms with Crippen LogP contribution in [0.15, 0.2) is 41.7 Å². The van der Waals surface area contributed by atoms with Gasteiger partial charge in [0.05, 0.1) is 17.7 Å². The molecule has 5 rings (SSSR count). The van der Waals surface area contributed by atoms with Gasteiger partial charge in [0.2, 0.25) is 0 Å². The summed E-state index contributed by atoms with van der Waals surface area (Å²) in [6.45, 7) is 4.12. The Morgan fingerprint density at radius 1 is 1.12 bits per heavy atom. The molecule has 0 spiro atoms. The minimum absolute atomic E-state index is 0.309. The van der Waals surface area contributed by atoms with Crippen LogP contribution >= 0.6 is 0 Å². The topological polar surface area (TPSA) is 53.2 Å². The Hall–Kier alpha value is -3.06. The van der Waals surface area contributed by atoms with E-state index in [-0.39, 0.29) is 5.82 Å². The Morgan fingerprint density at radius 3 is 2.62 bits per heavy atom. The second kappa shape index (κ2) is 8.47. The molecule has 0 atom stereocenters. The number of carbonyl (C=O) groups is 1. The van der Waals surface area contributed by atoms with Crippen LogP contribution in [0.1, 0.15) is 41.7 Å². The maximum absolute atomic E-state index is 14.6. The van der Waals surface area contributed by atoms with E-state index in [4.69, 9.17) is 0 Å². The Morgan fingerprint density at radius 2 is 1.91 bits per heavy atom. The number of hydrogen-bond acceptors (Lipinski definition) is 4. The highest BCUT2D eigenvalue weighted by molar-refractivity contribution is 5.87. The third-order valence-electron chi connectivity index (χ3n) is 6.63. The van der Waals surface area contributed by atoms with Gasteiger partial charge in [-0.25, -0.2) is 14.4 Å². The van der Waals surface area contributed by atoms with Gasteiger partial charge in [-0.15, -0.1) is 0 Å². The number of aryl methyl sites for hydroxylation is 1. The van der Waals surface area contributed by atoms with Crippen molar-refractivity contribution in [3.63, 3.8) is 0 Å². The standard InChI is InChI=1S/C25H28FN5O/c1-17-13-31-14-20(11-23(26)25(31)28-17)18-3-4-19(15-32)24(12-18)27-16-29(2)21-7-9-30(10-8-21)22-5-6-22/h3-4,11-16,21-22H,5-10H2,1-2H3. The second-order valence-electron chi connectivity index (χ2n) is 8.99. The average molecular weight is 434 g/mol. The van der Waals surface area contributed by atoms with Gasteiger partial charge in [-0.05, 0) is 56.4 Å². The van der Waals surface area contributed by atoms with Crippen molar-refractivity contribution in [1.82, 2.24) is 19.2 Å². The minimum Gasteiger partial charge on any atom is -0.363 e. The van der Waals surface area contributed by atoms with E-state index in [0.717, 1.165) is 49.5 Å². The molecule has 166 valence electrons. The van der Waals surface area contributed by atoms with Gasteiger partial charge < -0.3 is 14.2 Å². The number of piperidine rings is 1. The van der Waals surface area contributed by atoms with Crippen LogP contribution in [0.5, 0.6) is 0 Å². The molecule has 2 aliphatic rings. The molecule has 1 saturated heterocycles. The first kappa shape index (κ1) is 20.8. The largest absolute Gasteiger partial charge is 0.363 e. The van der Waals surface area contributed by atoms with Crippen LogP contribution in [0.4, 0.5) is 10.1 Å². The van der Waals surface area contributed by atoms with E-state index in [0.29, 0.717) is 28.5 Å². The molecule has 3 aromatic rings. The molecule has 32 heavy (non-hydrogen) atoms. The molecule has 7 heteroatoms. The number of nitrogens with zero attached hydrogens (tertiary/aromatic N) is 5. The monoisotopic (exact) mass is 433 g/mol. The highest BCUT2D eigenvalue weighted by Gasteiger charge is 2.32. The summed E-state index contributed by atoms with van der Waals surface area (Å²) >= 11 is 0. The van der Waals surface area contributed by atoms with Crippen molar-refractivity contribution in [2.75, 3.05) is 20.1 Å². The van der Waals surface area contributed by atoms with Gasteiger partial charge in [0.1, 0.15) is 0 Å². The Kier molecular flexibility index (Phi) is 5.51. The summed E-state index contributed by atoms with van der Waals surface area (Å²) < 4.78 is 16.2. The van der Waals surface area contributed by atoms with Crippen LogP contribution in [0.3, 0.4) is 0 Å². The number of fused-ring (bicyclic) bond motifs is 1. The SMILES string of the molecule is Cc1cn2cc(-c3ccc(C=O)c(N=CN(C)C4CCN(C5CC5)CC4)c3)cc(F)c2n1. The van der Waals surface area contributed by atoms with Crippen LogP contribution in [-0.2, 0) is 0 Å². The fourth-order valence-corrected chi connectivity index (χ4v) is 4.62. The first-order chi connectivity index (χ1) is 15.5. The molecule has 1 aliphatic heterocycles. The number of hydrogen-bond donors (Lipinski definition) is 0. The first-order valence-corrected chi connectivity index (χ1v) is 11.3. The van der Waals surface area contributed by atoms with Crippen LogP contribution in [-0.4, -0.2) is 64.0 Å². The molecule has 1 saturated carbocycles. The van der Waals surface area contributed by atoms with Crippen molar-refractivity contribution in [3.05, 3.63) is 53.7 Å². The first-order valence-electron chi connectivity index (χ1n) is 11.3. The van der Waals surface area contributed by atoms with Gasteiger partial charge in [-0.2, -0.15) is 0 Å². The van der Waals surface area contributed by atoms with Crippen molar-refractivity contribution < 1.29 is 9.18 Å². The van der Waals surface area contributed by atoms with Gasteiger partial charge in [0, 0.05) is 55.7 Å². The average Bonchev–Trinajstić information content (AvgIpc) is 3.58. The summed E-state index contributed by atoms with van der Waals surface area (Å²) in [7, 11) is 2.05. The highest BCUT2D eigenvalue weighted by atomic mass is 19.1. The van der Waals surface area contributed by atoms with Crippen molar-refractivity contribution in [3.8, 4) is 11.1 Å². The lowest BCUT2D eigenvalue weighted by molar-refractivity contribution is 0.112. The van der Waals surface area contributed by atoms with E-state index in [1.54, 1.807) is 16.7 Å². The molecule has 2 aromatic heterocycles. The maximum atomic E-state index is 14.6. The number of aldehydes is 1. The summed E-state index contributed by atoms with van der Waals surface area (Å²) in [6.07, 6.45) is 11.2. The number of halogens is 1. The van der Waals surface area contributed by atoms with E-state index in [9.17, 15) is 9.18 Å². The van der Waals surface area contributed by atoms with E-state index >= 15 is 0 Å². The number of imidazole rings is 1. The van der Waals surface area contributed by atoms with Crippen molar-refractivity contribution in [2.45, 2.75) is 44.7 Å². The summed E-state index contributed by atoms with van der Waals surface area (Å²) in [4.78, 5) is 25.2. The quantitative estimate of drug-likeness (QED) is 0.327. The molecule has 2 fully saturated rings. The lowest BCUT2D eigenvalue weighted by atomic mass is 10.0. The zero-order valence-electron chi connectivity index (χ0n) is 18.5. The minimum atomic E-state index is -0.377. The number of aromatic nitrogens is 2. The molecule has 1 aromatic carbocycles. The van der Waals surface area contributed by atoms with Crippen molar-refractivity contribution >= 4 is 24.0 Å². The number of carbonyl (C=O) groups excluding carboxylic acids is 1. The fraction of sp³-hybridized carbons (Fsp3) is 0.400. The van der Waals surface area contributed by atoms with Crippen LogP contribution in [0.2, 0.25) is 0 Å². The Bertz CT molecular complexity index is 1170. The van der Waals surface area contributed by atoms with Gasteiger partial charge in [0.15, 0.2) is 17.8 Å². The normalized spacial score (nSPS) is 18.0. The highest BCUT2D eigenvalue weighted by Crippen LogP contribution is 2.31. The summed E-state index contributed by atoms with van der Waals surface area (Å²) in [5.41, 5.74) is 3.68. The molecule has 1 aliphatic carbocycles. The summed E-state index contributed by atoms with van der Waals surface area (Å²) in [5.74, 6) is -0.377. The van der Waals surface area contributed by atoms with Crippen LogP contribution < -0.4 is 0 Å². The summed E-state index contributed by atoms with van der Waals surface area (Å²) in [6, 6.07) is 8.16. The third kappa shape index (κ3) is 4.17. The number of aliphatic imine (C=N–C) groups is 1. The molecular weight excluding hydrogens is 405 g/mol. The van der Waals surface area contributed by atoms with Gasteiger partial charge >= 0.3 is 0 Å². The molecule has 3 heterocycles. The van der Waals surface area contributed by atoms with Crippen LogP contribution in [0, 0.1) is 12.7 Å². The van der Waals surface area contributed by atoms with Crippen molar-refractivity contribution in [1.29, 1.82) is 0 Å². The lowest BCUT2D eigenvalue weighted by Crippen LogP contribution is -2.43. The maximum Gasteiger partial charge on any atom is 0.173 e. The third-order valence-corrected chi connectivity index (χ3v) is 6.63. The van der Waals surface area contributed by atoms with Gasteiger partial charge in [0.25, 0.3) is 0 Å². The van der Waals surface area contributed by atoms with E-state index < -0.39 is 0 Å². The zero-order chi connectivity index (χ0) is 22.2. The van der Waals surface area contributed by atoms with Gasteiger partial charge in [-0.3, -0.25) is 4.79 Å². The smallest absolute Gasteiger partial charge is 0.173 e. The Labute approximate surface area is 187 Å². The van der Waals surface area contributed by atoms with E-state index in [1.165, 1.54) is 18.9 Å². The number of rotatable bonds is 6. The van der Waals surface area contributed by atoms with Crippen LogP contribution in [0.25, 0.3) is 16.8 Å². The molecule has 6 nitrogen and oxygen atoms in total. The van der Waals surface area contributed by atoms with E-state index in [2.05, 4.69) is 26.8 Å². The molecule has 0 unspecified atom stereocenters. The fourth-order valence-electron chi connectivity index (χ4n) is 4.62. The van der Waals surface area contributed by atoms with Crippen molar-refractivity contribution in [2.24, 2.45) is 4.99 Å². The molecular formula is C25H28FN5O. The van der Waals surface area contributed by atoms with E-state index in [1.807, 2.05) is 31.6 Å². The predicted molar refractivity (Wildman–Crippen MR) is 124 cm³/mol. The molecule has 0 radical (unpaired) electrons. The lowest BCUT2D eigenvalue weighted by Gasteiger charge is -2.36. The number of likely N-dealkylation sites (tertiary alicyclic amines) is 1. The summed E-state index contributed by atoms with van der Waals surface area (Å²) in [5, 5.41) is 0. The predicted octanol–water partition coefficient (Wildman–Crippen LogP) is 4.48. The number of pyridine rings is 1.